The topological polar surface area (TPSA) is 16.3 Å². The maximum atomic E-state index is 2.47. The predicted molar refractivity (Wildman–Crippen MR) is 397 cm³/mol. The van der Waals surface area contributed by atoms with Gasteiger partial charge in [0.2, 0.25) is 0 Å². The van der Waals surface area contributed by atoms with Crippen LogP contribution in [0.3, 0.4) is 0 Å². The van der Waals surface area contributed by atoms with Crippen molar-refractivity contribution in [2.24, 2.45) is 0 Å². The Balaban J connectivity index is 0.829. The van der Waals surface area contributed by atoms with Crippen molar-refractivity contribution >= 4 is 77.5 Å². The summed E-state index contributed by atoms with van der Waals surface area (Å²) in [6, 6.07) is 137. The molecule has 0 saturated carbocycles. The fraction of sp³-hybridized carbons (Fsp3) is 0. The zero-order chi connectivity index (χ0) is 62.3. The number of nitrogens with zero attached hydrogens (tertiary/aromatic N) is 4. The van der Waals surface area contributed by atoms with Gasteiger partial charge in [-0.2, -0.15) is 0 Å². The van der Waals surface area contributed by atoms with E-state index in [1.807, 2.05) is 0 Å². The summed E-state index contributed by atoms with van der Waals surface area (Å²) in [5.74, 6) is 0. The van der Waals surface area contributed by atoms with Gasteiger partial charge in [-0.3, -0.25) is 0 Å². The van der Waals surface area contributed by atoms with Gasteiger partial charge in [-0.25, -0.2) is 0 Å². The third kappa shape index (κ3) is 10.5. The molecule has 4 nitrogen and oxygen atoms in total. The Morgan fingerprint density at radius 3 is 0.798 bits per heavy atom. The van der Waals surface area contributed by atoms with Crippen LogP contribution in [0.2, 0.25) is 0 Å². The highest BCUT2D eigenvalue weighted by Gasteiger charge is 2.22. The largest absolute Gasteiger partial charge is 0.310 e. The second kappa shape index (κ2) is 24.0. The summed E-state index contributed by atoms with van der Waals surface area (Å²) in [4.78, 5) is 4.75. The van der Waals surface area contributed by atoms with E-state index in [0.29, 0.717) is 0 Å². The molecule has 0 aliphatic carbocycles. The van der Waals surface area contributed by atoms with Crippen molar-refractivity contribution < 1.29 is 0 Å². The predicted octanol–water partition coefficient (Wildman–Crippen LogP) is 24.8. The van der Waals surface area contributed by atoms with Crippen LogP contribution < -0.4 is 9.80 Å². The van der Waals surface area contributed by atoms with Crippen molar-refractivity contribution in [3.8, 4) is 78.4 Å². The third-order valence-electron chi connectivity index (χ3n) is 18.4. The molecule has 0 atom stereocenters. The monoisotopic (exact) mass is 1200 g/mol. The molecule has 0 amide bonds. The summed E-state index contributed by atoms with van der Waals surface area (Å²) in [6.07, 6.45) is 0. The summed E-state index contributed by atoms with van der Waals surface area (Å²) in [5, 5.41) is 7.07. The first-order chi connectivity index (χ1) is 46.6. The first kappa shape index (κ1) is 55.6. The third-order valence-corrected chi connectivity index (χ3v) is 18.4. The zero-order valence-electron chi connectivity index (χ0n) is 51.6. The standard InChI is InChI=1S/C90H62N4/c1-5-19-63(20-6-1)69-35-41-79(42-36-69)91(85-45-39-67-27-13-15-29-73(67)57-85)81-47-51-83(52-48-81)93-87(75-33-17-31-71(55-75)65-23-9-3-10-24-65)59-77-62-90-78(61-89(77)93)60-88(76-34-18-32-72(56-76)66-25-11-4-12-26-66)94(90)84-53-49-82(50-54-84)92(86-46-40-68-28-14-16-30-74(68)58-86)80-43-37-70(38-44-80)64-21-7-2-8-22-64/h1-62H. The van der Waals surface area contributed by atoms with E-state index >= 15 is 0 Å². The van der Waals surface area contributed by atoms with Gasteiger partial charge in [0.25, 0.3) is 0 Å². The molecule has 94 heavy (non-hydrogen) atoms. The van der Waals surface area contributed by atoms with Gasteiger partial charge in [0.05, 0.1) is 22.4 Å². The van der Waals surface area contributed by atoms with Crippen LogP contribution >= 0.6 is 0 Å². The lowest BCUT2D eigenvalue weighted by atomic mass is 10.0. The molecular formula is C90H62N4. The van der Waals surface area contributed by atoms with Crippen molar-refractivity contribution in [3.63, 3.8) is 0 Å². The molecule has 442 valence electrons. The molecule has 2 heterocycles. The number of aromatic nitrogens is 2. The molecule has 0 saturated heterocycles. The van der Waals surface area contributed by atoms with E-state index in [2.05, 4.69) is 395 Å². The summed E-state index contributed by atoms with van der Waals surface area (Å²) in [5.41, 5.74) is 24.7. The van der Waals surface area contributed by atoms with Gasteiger partial charge in [-0.1, -0.05) is 243 Å². The van der Waals surface area contributed by atoms with Crippen LogP contribution in [0.25, 0.3) is 122 Å². The molecule has 0 unspecified atom stereocenters. The molecule has 17 aromatic rings. The summed E-state index contributed by atoms with van der Waals surface area (Å²) >= 11 is 0. The van der Waals surface area contributed by atoms with Crippen LogP contribution in [0.4, 0.5) is 34.1 Å². The number of fused-ring (bicyclic) bond motifs is 4. The van der Waals surface area contributed by atoms with Gasteiger partial charge < -0.3 is 18.9 Å². The average molecular weight is 1200 g/mol. The first-order valence-electron chi connectivity index (χ1n) is 32.2. The van der Waals surface area contributed by atoms with E-state index in [1.165, 1.54) is 66.1 Å². The van der Waals surface area contributed by atoms with Crippen LogP contribution in [0.1, 0.15) is 0 Å². The number of hydrogen-bond donors (Lipinski definition) is 0. The summed E-state index contributed by atoms with van der Waals surface area (Å²) in [6.45, 7) is 0. The molecule has 2 aromatic heterocycles. The van der Waals surface area contributed by atoms with Gasteiger partial charge in [0, 0.05) is 56.3 Å². The lowest BCUT2D eigenvalue weighted by Gasteiger charge is -2.26. The van der Waals surface area contributed by atoms with Crippen LogP contribution in [-0.2, 0) is 0 Å². The Labute approximate surface area is 547 Å². The van der Waals surface area contributed by atoms with E-state index in [0.717, 1.165) is 89.8 Å². The zero-order valence-corrected chi connectivity index (χ0v) is 51.6. The summed E-state index contributed by atoms with van der Waals surface area (Å²) < 4.78 is 4.93. The minimum atomic E-state index is 1.06. The van der Waals surface area contributed by atoms with Crippen molar-refractivity contribution in [3.05, 3.63) is 376 Å². The average Bonchev–Trinajstić information content (AvgIpc) is 1.57. The Morgan fingerprint density at radius 2 is 0.436 bits per heavy atom. The normalized spacial score (nSPS) is 11.4. The van der Waals surface area contributed by atoms with E-state index in [-0.39, 0.29) is 0 Å². The van der Waals surface area contributed by atoms with Crippen molar-refractivity contribution in [1.82, 2.24) is 9.13 Å². The molecule has 0 radical (unpaired) electrons. The van der Waals surface area contributed by atoms with Crippen LogP contribution in [0.5, 0.6) is 0 Å². The maximum absolute atomic E-state index is 2.47. The minimum absolute atomic E-state index is 1.06. The van der Waals surface area contributed by atoms with Gasteiger partial charge in [-0.15, -0.1) is 0 Å². The molecule has 0 aliphatic heterocycles. The highest BCUT2D eigenvalue weighted by molar-refractivity contribution is 6.03. The Kier molecular flexibility index (Phi) is 14.2. The quantitative estimate of drug-likeness (QED) is 0.108. The van der Waals surface area contributed by atoms with Gasteiger partial charge in [0.15, 0.2) is 0 Å². The van der Waals surface area contributed by atoms with Crippen LogP contribution in [0.15, 0.2) is 376 Å². The molecular weight excluding hydrogens is 1140 g/mol. The van der Waals surface area contributed by atoms with E-state index < -0.39 is 0 Å². The van der Waals surface area contributed by atoms with Crippen molar-refractivity contribution in [2.45, 2.75) is 0 Å². The van der Waals surface area contributed by atoms with Crippen molar-refractivity contribution in [1.29, 1.82) is 0 Å². The Bertz CT molecular complexity index is 5210. The molecule has 17 rings (SSSR count). The molecule has 0 fully saturated rings. The lowest BCUT2D eigenvalue weighted by molar-refractivity contribution is 1.13. The van der Waals surface area contributed by atoms with Gasteiger partial charge >= 0.3 is 0 Å². The van der Waals surface area contributed by atoms with Gasteiger partial charge in [-0.05, 0) is 211 Å². The molecule has 15 aromatic carbocycles. The number of hydrogen-bond acceptors (Lipinski definition) is 2. The van der Waals surface area contributed by atoms with Crippen molar-refractivity contribution in [2.75, 3.05) is 9.80 Å². The number of anilines is 6. The second-order valence-corrected chi connectivity index (χ2v) is 24.2. The molecule has 0 aliphatic rings. The van der Waals surface area contributed by atoms with E-state index in [1.54, 1.807) is 0 Å². The second-order valence-electron chi connectivity index (χ2n) is 24.2. The smallest absolute Gasteiger partial charge is 0.0542 e. The molecule has 0 bridgehead atoms. The minimum Gasteiger partial charge on any atom is -0.310 e. The van der Waals surface area contributed by atoms with Crippen LogP contribution in [-0.4, -0.2) is 9.13 Å². The lowest BCUT2D eigenvalue weighted by Crippen LogP contribution is -2.10. The molecule has 4 heteroatoms. The Hall–Kier alpha value is -12.5. The number of benzene rings is 15. The summed E-state index contributed by atoms with van der Waals surface area (Å²) in [7, 11) is 0. The fourth-order valence-corrected chi connectivity index (χ4v) is 13.8. The fourth-order valence-electron chi connectivity index (χ4n) is 13.8. The van der Waals surface area contributed by atoms with Gasteiger partial charge in [0.1, 0.15) is 0 Å². The Morgan fingerprint density at radius 1 is 0.160 bits per heavy atom. The highest BCUT2D eigenvalue weighted by Crippen LogP contribution is 2.44. The highest BCUT2D eigenvalue weighted by atomic mass is 15.1. The first-order valence-corrected chi connectivity index (χ1v) is 32.2. The molecule has 0 N–H and O–H groups in total. The molecule has 0 spiro atoms. The maximum Gasteiger partial charge on any atom is 0.0542 e. The van der Waals surface area contributed by atoms with Crippen LogP contribution in [0, 0.1) is 0 Å². The number of rotatable bonds is 14. The van der Waals surface area contributed by atoms with E-state index in [4.69, 9.17) is 0 Å². The van der Waals surface area contributed by atoms with E-state index in [9.17, 15) is 0 Å². The SMILES string of the molecule is c1ccc(-c2ccc(N(c3ccc(-n4c(-c5cccc(-c6ccccc6)c5)cc5cc6c(cc(-c7cccc(-c8ccccc8)c7)n6-c6ccc(N(c7ccc(-c8ccccc8)cc7)c7ccc8ccccc8c7)cc6)cc54)cc3)c3ccc4ccccc4c3)cc2)cc1.